The summed E-state index contributed by atoms with van der Waals surface area (Å²) in [5, 5.41) is 8.52. The van der Waals surface area contributed by atoms with Gasteiger partial charge in [-0.1, -0.05) is 60.0 Å². The maximum atomic E-state index is 4.35. The zero-order chi connectivity index (χ0) is 13.3. The number of rotatable bonds is 5. The zero-order valence-electron chi connectivity index (χ0n) is 12.4. The second kappa shape index (κ2) is 4.83. The topological polar surface area (TPSA) is 30.7 Å². The average Bonchev–Trinajstić information content (AvgIpc) is 2.76. The van der Waals surface area contributed by atoms with Gasteiger partial charge < -0.3 is 4.59 Å². The van der Waals surface area contributed by atoms with Crippen molar-refractivity contribution in [3.8, 4) is 0 Å². The molecule has 0 aliphatic heterocycles. The highest BCUT2D eigenvalue weighted by atomic mass is 15.4. The van der Waals surface area contributed by atoms with E-state index in [9.17, 15) is 0 Å². The molecule has 0 fully saturated rings. The van der Waals surface area contributed by atoms with Crippen molar-refractivity contribution in [3.63, 3.8) is 0 Å². The van der Waals surface area contributed by atoms with Gasteiger partial charge in [-0.25, -0.2) is 0 Å². The second-order valence-corrected chi connectivity index (χ2v) is 6.12. The molecular weight excluding hydrogens is 209 g/mol. The molecular formula is C13H26BN3. The van der Waals surface area contributed by atoms with Crippen molar-refractivity contribution < 1.29 is 0 Å². The van der Waals surface area contributed by atoms with Gasteiger partial charge in [-0.05, 0) is 11.3 Å². The molecule has 0 amide bonds. The van der Waals surface area contributed by atoms with Crippen LogP contribution in [0.5, 0.6) is 0 Å². The van der Waals surface area contributed by atoms with Gasteiger partial charge >= 0.3 is 0 Å². The monoisotopic (exact) mass is 235 g/mol. The number of hydrogen-bond donors (Lipinski definition) is 0. The van der Waals surface area contributed by atoms with Crippen LogP contribution in [0, 0.1) is 11.3 Å². The Hall–Kier alpha value is -0.795. The minimum absolute atomic E-state index is 0.0375. The normalized spacial score (nSPS) is 14.8. The predicted octanol–water partition coefficient (Wildman–Crippen LogP) is 2.88. The van der Waals surface area contributed by atoms with Crippen LogP contribution >= 0.6 is 0 Å². The third-order valence-electron chi connectivity index (χ3n) is 4.96. The zero-order valence-corrected chi connectivity index (χ0v) is 12.4. The molecule has 1 rings (SSSR count). The average molecular weight is 235 g/mol. The predicted molar refractivity (Wildman–Crippen MR) is 74.7 cm³/mol. The maximum absolute atomic E-state index is 4.35. The number of hydrogen-bond acceptors (Lipinski definition) is 2. The molecule has 1 heterocycles. The Bertz CT molecular complexity index is 368. The number of nitrogens with zero attached hydrogens (tertiary/aromatic N) is 3. The van der Waals surface area contributed by atoms with Crippen LogP contribution in [0.2, 0.25) is 6.82 Å². The molecule has 1 aromatic heterocycles. The summed E-state index contributed by atoms with van der Waals surface area (Å²) in [6.45, 7) is 15.9. The fourth-order valence-corrected chi connectivity index (χ4v) is 2.20. The van der Waals surface area contributed by atoms with E-state index in [2.05, 4.69) is 64.9 Å². The Morgan fingerprint density at radius 1 is 1.35 bits per heavy atom. The first-order chi connectivity index (χ1) is 7.77. The molecule has 0 saturated heterocycles. The van der Waals surface area contributed by atoms with Crippen LogP contribution < -0.4 is 0 Å². The van der Waals surface area contributed by atoms with Crippen LogP contribution in [0.15, 0.2) is 6.20 Å². The van der Waals surface area contributed by atoms with Gasteiger partial charge in [-0.3, -0.25) is 0 Å². The quantitative estimate of drug-likeness (QED) is 0.734. The van der Waals surface area contributed by atoms with E-state index in [0.717, 1.165) is 13.1 Å². The van der Waals surface area contributed by atoms with Crippen LogP contribution in [0.25, 0.3) is 0 Å². The van der Waals surface area contributed by atoms with Crippen molar-refractivity contribution in [1.82, 2.24) is 14.9 Å². The minimum atomic E-state index is 0.0375. The lowest BCUT2D eigenvalue weighted by molar-refractivity contribution is 0.107. The van der Waals surface area contributed by atoms with Gasteiger partial charge in [0.15, 0.2) is 0 Å². The largest absolute Gasteiger partial charge is 0.302 e. The van der Waals surface area contributed by atoms with E-state index in [0.29, 0.717) is 5.92 Å². The highest BCUT2D eigenvalue weighted by Gasteiger charge is 2.43. The van der Waals surface area contributed by atoms with Gasteiger partial charge in [-0.15, -0.1) is 5.10 Å². The molecule has 17 heavy (non-hydrogen) atoms. The highest BCUT2D eigenvalue weighted by molar-refractivity contribution is 6.30. The fourth-order valence-electron chi connectivity index (χ4n) is 2.20. The van der Waals surface area contributed by atoms with E-state index in [-0.39, 0.29) is 10.8 Å². The summed E-state index contributed by atoms with van der Waals surface area (Å²) >= 11 is 0. The van der Waals surface area contributed by atoms with Gasteiger partial charge in [-0.2, -0.15) is 0 Å². The van der Waals surface area contributed by atoms with Crippen LogP contribution in [-0.2, 0) is 5.41 Å². The molecule has 1 aromatic rings. The summed E-state index contributed by atoms with van der Waals surface area (Å²) in [5.74, 6) is 0.657. The molecule has 0 aromatic carbocycles. The lowest BCUT2D eigenvalue weighted by atomic mass is 9.60. The lowest BCUT2D eigenvalue weighted by Crippen LogP contribution is -2.41. The van der Waals surface area contributed by atoms with Gasteiger partial charge in [0.25, 0.3) is 7.41 Å². The van der Waals surface area contributed by atoms with Gasteiger partial charge in [0.05, 0.1) is 5.69 Å². The van der Waals surface area contributed by atoms with Crippen LogP contribution in [-0.4, -0.2) is 22.3 Å². The Kier molecular flexibility index (Phi) is 4.05. The SMILES string of the molecule is CBn1cc(C(C)(C)C(C)(C)C(C)CC)nn1. The van der Waals surface area contributed by atoms with Crippen molar-refractivity contribution >= 4 is 7.41 Å². The molecule has 0 aliphatic rings. The van der Waals surface area contributed by atoms with Crippen LogP contribution in [0.4, 0.5) is 0 Å². The summed E-state index contributed by atoms with van der Waals surface area (Å²) in [6.07, 6.45) is 3.28. The van der Waals surface area contributed by atoms with E-state index in [1.165, 1.54) is 6.42 Å². The van der Waals surface area contributed by atoms with Gasteiger partial charge in [0.1, 0.15) is 0 Å². The first kappa shape index (κ1) is 14.3. The Morgan fingerprint density at radius 3 is 2.35 bits per heavy atom. The highest BCUT2D eigenvalue weighted by Crippen LogP contribution is 2.46. The molecule has 0 radical (unpaired) electrons. The fraction of sp³-hybridized carbons (Fsp3) is 0.846. The first-order valence-corrected chi connectivity index (χ1v) is 6.68. The third kappa shape index (κ3) is 2.40. The molecule has 4 heteroatoms. The minimum Gasteiger partial charge on any atom is -0.302 e. The Labute approximate surface area is 106 Å². The smallest absolute Gasteiger partial charge is 0.265 e. The van der Waals surface area contributed by atoms with E-state index < -0.39 is 0 Å². The van der Waals surface area contributed by atoms with E-state index in [1.807, 2.05) is 4.59 Å². The van der Waals surface area contributed by atoms with E-state index >= 15 is 0 Å². The molecule has 0 saturated carbocycles. The van der Waals surface area contributed by atoms with Crippen molar-refractivity contribution in [2.24, 2.45) is 11.3 Å². The molecule has 3 nitrogen and oxygen atoms in total. The first-order valence-electron chi connectivity index (χ1n) is 6.68. The Morgan fingerprint density at radius 2 is 1.94 bits per heavy atom. The molecule has 1 unspecified atom stereocenters. The molecule has 0 bridgehead atoms. The molecule has 0 N–H and O–H groups in total. The maximum Gasteiger partial charge on any atom is 0.265 e. The summed E-state index contributed by atoms with van der Waals surface area (Å²) in [7, 11) is 0.882. The number of aromatic nitrogens is 3. The second-order valence-electron chi connectivity index (χ2n) is 6.12. The molecule has 0 spiro atoms. The van der Waals surface area contributed by atoms with Crippen molar-refractivity contribution in [2.45, 2.75) is 60.2 Å². The van der Waals surface area contributed by atoms with Crippen molar-refractivity contribution in [3.05, 3.63) is 11.9 Å². The summed E-state index contributed by atoms with van der Waals surface area (Å²) in [5.41, 5.74) is 1.34. The Balaban J connectivity index is 3.08. The van der Waals surface area contributed by atoms with Crippen LogP contribution in [0.1, 0.15) is 53.7 Å². The summed E-state index contributed by atoms with van der Waals surface area (Å²) in [6, 6.07) is 0. The summed E-state index contributed by atoms with van der Waals surface area (Å²) < 4.78 is 1.91. The van der Waals surface area contributed by atoms with E-state index in [4.69, 9.17) is 0 Å². The van der Waals surface area contributed by atoms with Gasteiger partial charge in [0, 0.05) is 11.6 Å². The molecule has 96 valence electrons. The van der Waals surface area contributed by atoms with Crippen molar-refractivity contribution in [1.29, 1.82) is 0 Å². The van der Waals surface area contributed by atoms with Gasteiger partial charge in [0.2, 0.25) is 0 Å². The lowest BCUT2D eigenvalue weighted by Gasteiger charge is -2.44. The van der Waals surface area contributed by atoms with E-state index in [1.54, 1.807) is 0 Å². The third-order valence-corrected chi connectivity index (χ3v) is 4.96. The molecule has 1 atom stereocenters. The van der Waals surface area contributed by atoms with Crippen molar-refractivity contribution in [2.75, 3.05) is 0 Å². The molecule has 0 aliphatic carbocycles. The van der Waals surface area contributed by atoms with Crippen LogP contribution in [0.3, 0.4) is 0 Å². The summed E-state index contributed by atoms with van der Waals surface area (Å²) in [4.78, 5) is 0. The standard InChI is InChI=1S/C13H26BN3/c1-8-10(2)12(3,4)13(5,6)11-9-17(14-7)16-15-11/h9-10,14H,8H2,1-7H3.